The number of amides is 2. The Kier molecular flexibility index (Phi) is 3.43. The number of anilines is 1. The second kappa shape index (κ2) is 5.16. The summed E-state index contributed by atoms with van der Waals surface area (Å²) < 4.78 is 5.32. The SMILES string of the molecule is CCC1=CN2C(=O)c3cc(C)c(OC)cc3N(C)C(=O)C2C1. The van der Waals surface area contributed by atoms with Crippen LogP contribution in [-0.2, 0) is 4.79 Å². The molecule has 116 valence electrons. The Labute approximate surface area is 130 Å². The van der Waals surface area contributed by atoms with E-state index >= 15 is 0 Å². The smallest absolute Gasteiger partial charge is 0.260 e. The molecule has 2 aliphatic heterocycles. The summed E-state index contributed by atoms with van der Waals surface area (Å²) in [6, 6.07) is 3.15. The molecule has 1 aromatic rings. The maximum Gasteiger partial charge on any atom is 0.260 e. The summed E-state index contributed by atoms with van der Waals surface area (Å²) in [5, 5.41) is 0. The zero-order valence-corrected chi connectivity index (χ0v) is 13.3. The molecule has 22 heavy (non-hydrogen) atoms. The lowest BCUT2D eigenvalue weighted by atomic mass is 10.1. The van der Waals surface area contributed by atoms with Crippen molar-refractivity contribution in [1.82, 2.24) is 4.90 Å². The molecular formula is C17H20N2O3. The number of likely N-dealkylation sites (N-methyl/N-ethyl adjacent to an activating group) is 1. The van der Waals surface area contributed by atoms with Crippen molar-refractivity contribution in [3.8, 4) is 5.75 Å². The predicted molar refractivity (Wildman–Crippen MR) is 84.1 cm³/mol. The van der Waals surface area contributed by atoms with Gasteiger partial charge in [-0.1, -0.05) is 12.5 Å². The van der Waals surface area contributed by atoms with Gasteiger partial charge in [0.1, 0.15) is 11.8 Å². The highest BCUT2D eigenvalue weighted by Crippen LogP contribution is 2.37. The van der Waals surface area contributed by atoms with Gasteiger partial charge in [0.15, 0.2) is 0 Å². The number of ether oxygens (including phenoxy) is 1. The van der Waals surface area contributed by atoms with Crippen LogP contribution in [0.2, 0.25) is 0 Å². The quantitative estimate of drug-likeness (QED) is 0.843. The first-order valence-electron chi connectivity index (χ1n) is 7.46. The highest BCUT2D eigenvalue weighted by molar-refractivity contribution is 6.12. The summed E-state index contributed by atoms with van der Waals surface area (Å²) in [6.45, 7) is 3.94. The van der Waals surface area contributed by atoms with Crippen LogP contribution in [0.4, 0.5) is 5.69 Å². The minimum Gasteiger partial charge on any atom is -0.496 e. The minimum atomic E-state index is -0.425. The lowest BCUT2D eigenvalue weighted by molar-refractivity contribution is -0.121. The minimum absolute atomic E-state index is 0.0577. The number of aryl methyl sites for hydroxylation is 1. The molecule has 0 radical (unpaired) electrons. The van der Waals surface area contributed by atoms with E-state index in [9.17, 15) is 9.59 Å². The Bertz CT molecular complexity index is 693. The number of nitrogens with zero attached hydrogens (tertiary/aromatic N) is 2. The Hall–Kier alpha value is -2.30. The van der Waals surface area contributed by atoms with Crippen LogP contribution in [0, 0.1) is 6.92 Å². The van der Waals surface area contributed by atoms with Crippen molar-refractivity contribution in [2.75, 3.05) is 19.1 Å². The highest BCUT2D eigenvalue weighted by atomic mass is 16.5. The van der Waals surface area contributed by atoms with Gasteiger partial charge in [-0.25, -0.2) is 0 Å². The summed E-state index contributed by atoms with van der Waals surface area (Å²) in [7, 11) is 3.31. The van der Waals surface area contributed by atoms with E-state index in [1.54, 1.807) is 36.1 Å². The Morgan fingerprint density at radius 3 is 2.68 bits per heavy atom. The van der Waals surface area contributed by atoms with Crippen molar-refractivity contribution in [1.29, 1.82) is 0 Å². The fourth-order valence-corrected chi connectivity index (χ4v) is 3.16. The molecule has 1 unspecified atom stereocenters. The van der Waals surface area contributed by atoms with E-state index in [1.807, 2.05) is 20.0 Å². The normalized spacial score (nSPS) is 20.5. The molecule has 0 bridgehead atoms. The maximum absolute atomic E-state index is 12.9. The van der Waals surface area contributed by atoms with Gasteiger partial charge in [0.05, 0.1) is 18.4 Å². The molecule has 0 aromatic heterocycles. The van der Waals surface area contributed by atoms with Gasteiger partial charge >= 0.3 is 0 Å². The van der Waals surface area contributed by atoms with Gasteiger partial charge < -0.3 is 14.5 Å². The van der Waals surface area contributed by atoms with Gasteiger partial charge in [0, 0.05) is 19.3 Å². The summed E-state index contributed by atoms with van der Waals surface area (Å²) in [4.78, 5) is 28.8. The first kappa shape index (κ1) is 14.6. The van der Waals surface area contributed by atoms with Crippen molar-refractivity contribution >= 4 is 17.5 Å². The van der Waals surface area contributed by atoms with Gasteiger partial charge in [-0.05, 0) is 31.4 Å². The van der Waals surface area contributed by atoms with Crippen molar-refractivity contribution < 1.29 is 14.3 Å². The molecule has 0 fully saturated rings. The van der Waals surface area contributed by atoms with Crippen molar-refractivity contribution in [3.63, 3.8) is 0 Å². The zero-order chi connectivity index (χ0) is 16.0. The first-order chi connectivity index (χ1) is 10.5. The van der Waals surface area contributed by atoms with Gasteiger partial charge in [-0.15, -0.1) is 0 Å². The van der Waals surface area contributed by atoms with E-state index in [4.69, 9.17) is 4.74 Å². The lowest BCUT2D eigenvalue weighted by Gasteiger charge is -2.22. The summed E-state index contributed by atoms with van der Waals surface area (Å²) in [5.41, 5.74) is 3.17. The molecule has 2 heterocycles. The number of carbonyl (C=O) groups is 2. The number of rotatable bonds is 2. The van der Waals surface area contributed by atoms with E-state index in [2.05, 4.69) is 0 Å². The molecule has 0 spiro atoms. The van der Waals surface area contributed by atoms with Crippen molar-refractivity contribution in [2.45, 2.75) is 32.7 Å². The standard InChI is InChI=1S/C17H20N2O3/c1-5-11-7-14-17(21)18(3)13-8-15(22-4)10(2)6-12(13)16(20)19(14)9-11/h6,8-9,14H,5,7H2,1-4H3. The number of hydrogen-bond donors (Lipinski definition) is 0. The number of hydrogen-bond acceptors (Lipinski definition) is 3. The molecule has 2 amide bonds. The number of benzene rings is 1. The van der Waals surface area contributed by atoms with Crippen molar-refractivity contribution in [2.24, 2.45) is 0 Å². The molecule has 0 N–H and O–H groups in total. The molecular weight excluding hydrogens is 280 g/mol. The number of methoxy groups -OCH3 is 1. The molecule has 1 atom stereocenters. The molecule has 5 heteroatoms. The van der Waals surface area contributed by atoms with Crippen LogP contribution in [-0.4, -0.2) is 36.9 Å². The molecule has 2 aliphatic rings. The molecule has 0 saturated carbocycles. The second-order valence-corrected chi connectivity index (χ2v) is 5.81. The first-order valence-corrected chi connectivity index (χ1v) is 7.46. The van der Waals surface area contributed by atoms with Gasteiger partial charge in [0.2, 0.25) is 5.91 Å². The Morgan fingerprint density at radius 1 is 1.32 bits per heavy atom. The fraction of sp³-hybridized carbons (Fsp3) is 0.412. The van der Waals surface area contributed by atoms with E-state index in [0.717, 1.165) is 17.6 Å². The van der Waals surface area contributed by atoms with E-state index in [0.29, 0.717) is 23.4 Å². The molecule has 3 rings (SSSR count). The molecule has 5 nitrogen and oxygen atoms in total. The largest absolute Gasteiger partial charge is 0.496 e. The van der Waals surface area contributed by atoms with Crippen LogP contribution >= 0.6 is 0 Å². The van der Waals surface area contributed by atoms with E-state index < -0.39 is 6.04 Å². The third kappa shape index (κ3) is 2.00. The van der Waals surface area contributed by atoms with Gasteiger partial charge in [-0.3, -0.25) is 9.59 Å². The van der Waals surface area contributed by atoms with Gasteiger partial charge in [0.25, 0.3) is 5.91 Å². The monoisotopic (exact) mass is 300 g/mol. The topological polar surface area (TPSA) is 49.9 Å². The average molecular weight is 300 g/mol. The summed E-state index contributed by atoms with van der Waals surface area (Å²) in [5.74, 6) is 0.502. The molecule has 1 aromatic carbocycles. The lowest BCUT2D eigenvalue weighted by Crippen LogP contribution is -2.42. The maximum atomic E-state index is 12.9. The van der Waals surface area contributed by atoms with Crippen LogP contribution in [0.3, 0.4) is 0 Å². The number of carbonyl (C=O) groups excluding carboxylic acids is 2. The summed E-state index contributed by atoms with van der Waals surface area (Å²) >= 11 is 0. The zero-order valence-electron chi connectivity index (χ0n) is 13.3. The van der Waals surface area contributed by atoms with E-state index in [1.165, 1.54) is 0 Å². The third-order valence-electron chi connectivity index (χ3n) is 4.52. The average Bonchev–Trinajstić information content (AvgIpc) is 2.94. The number of fused-ring (bicyclic) bond motifs is 2. The molecule has 0 aliphatic carbocycles. The fourth-order valence-electron chi connectivity index (χ4n) is 3.16. The van der Waals surface area contributed by atoms with Crippen LogP contribution in [0.1, 0.15) is 35.7 Å². The van der Waals surface area contributed by atoms with Gasteiger partial charge in [-0.2, -0.15) is 0 Å². The second-order valence-electron chi connectivity index (χ2n) is 5.81. The molecule has 0 saturated heterocycles. The Balaban J connectivity index is 2.17. The van der Waals surface area contributed by atoms with Crippen LogP contribution in [0.15, 0.2) is 23.9 Å². The predicted octanol–water partition coefficient (Wildman–Crippen LogP) is 2.49. The van der Waals surface area contributed by atoms with E-state index in [-0.39, 0.29) is 11.8 Å². The summed E-state index contributed by atoms with van der Waals surface area (Å²) in [6.07, 6.45) is 3.31. The van der Waals surface area contributed by atoms with Crippen molar-refractivity contribution in [3.05, 3.63) is 35.0 Å². The van der Waals surface area contributed by atoms with Crippen LogP contribution in [0.25, 0.3) is 0 Å². The third-order valence-corrected chi connectivity index (χ3v) is 4.52. The highest BCUT2D eigenvalue weighted by Gasteiger charge is 2.41. The van der Waals surface area contributed by atoms with Crippen LogP contribution in [0.5, 0.6) is 5.75 Å². The van der Waals surface area contributed by atoms with Crippen LogP contribution < -0.4 is 9.64 Å². The Morgan fingerprint density at radius 2 is 2.05 bits per heavy atom.